The number of nitrogens with zero attached hydrogens (tertiary/aromatic N) is 2. The van der Waals surface area contributed by atoms with Gasteiger partial charge in [-0.3, -0.25) is 9.69 Å². The lowest BCUT2D eigenvalue weighted by Gasteiger charge is -2.27. The summed E-state index contributed by atoms with van der Waals surface area (Å²) in [4.78, 5) is 12.6. The highest BCUT2D eigenvalue weighted by atomic mass is 19.4. The minimum atomic E-state index is -4.59. The molecule has 1 rings (SSSR count). The molecule has 4 nitrogen and oxygen atoms in total. The van der Waals surface area contributed by atoms with Gasteiger partial charge in [0.1, 0.15) is 6.04 Å². The molecule has 1 atom stereocenters. The third-order valence-electron chi connectivity index (χ3n) is 2.80. The second-order valence-electron chi connectivity index (χ2n) is 4.37. The van der Waals surface area contributed by atoms with E-state index >= 15 is 0 Å². The average Bonchev–Trinajstić information content (AvgIpc) is 2.20. The van der Waals surface area contributed by atoms with E-state index < -0.39 is 29.0 Å². The highest BCUT2D eigenvalue weighted by Crippen LogP contribution is 2.35. The van der Waals surface area contributed by atoms with Crippen LogP contribution in [0.15, 0.2) is 11.0 Å². The van der Waals surface area contributed by atoms with Crippen LogP contribution < -0.4 is 5.43 Å². The summed E-state index contributed by atoms with van der Waals surface area (Å²) in [5.41, 5.74) is -1.25. The second kappa shape index (κ2) is 4.64. The molecule has 0 aromatic carbocycles. The van der Waals surface area contributed by atoms with Crippen LogP contribution >= 0.6 is 0 Å². The summed E-state index contributed by atoms with van der Waals surface area (Å²) in [6, 6.07) is -2.04. The quantitative estimate of drug-likeness (QED) is 0.881. The van der Waals surface area contributed by atoms with Crippen molar-refractivity contribution in [2.24, 2.45) is 7.05 Å². The molecule has 102 valence electrons. The minimum absolute atomic E-state index is 0.225. The van der Waals surface area contributed by atoms with Crippen LogP contribution in [0.2, 0.25) is 0 Å². The molecule has 0 aliphatic rings. The van der Waals surface area contributed by atoms with Crippen LogP contribution in [0.4, 0.5) is 13.2 Å². The smallest absolute Gasteiger partial charge is 0.408 e. The van der Waals surface area contributed by atoms with Crippen molar-refractivity contribution in [3.05, 3.63) is 27.7 Å². The van der Waals surface area contributed by atoms with Gasteiger partial charge in [0.05, 0.1) is 5.69 Å². The maximum Gasteiger partial charge on any atom is 0.408 e. The Hall–Kier alpha value is -1.50. The van der Waals surface area contributed by atoms with E-state index in [4.69, 9.17) is 0 Å². The van der Waals surface area contributed by atoms with Crippen molar-refractivity contribution in [2.45, 2.75) is 19.1 Å². The predicted octanol–water partition coefficient (Wildman–Crippen LogP) is 1.56. The van der Waals surface area contributed by atoms with Gasteiger partial charge in [-0.1, -0.05) is 0 Å². The van der Waals surface area contributed by atoms with Crippen LogP contribution in [0, 0.1) is 6.92 Å². The number of pyridine rings is 1. The number of aromatic nitrogens is 1. The maximum atomic E-state index is 12.9. The Morgan fingerprint density at radius 2 is 1.89 bits per heavy atom. The number of aromatic hydroxyl groups is 1. The Kier molecular flexibility index (Phi) is 3.75. The van der Waals surface area contributed by atoms with E-state index in [1.165, 1.54) is 32.6 Å². The zero-order valence-electron chi connectivity index (χ0n) is 10.5. The largest absolute Gasteiger partial charge is 0.503 e. The van der Waals surface area contributed by atoms with Gasteiger partial charge in [-0.05, 0) is 21.0 Å². The van der Waals surface area contributed by atoms with Gasteiger partial charge in [-0.15, -0.1) is 0 Å². The van der Waals surface area contributed by atoms with Crippen LogP contribution in [0.5, 0.6) is 5.75 Å². The molecule has 18 heavy (non-hydrogen) atoms. The standard InChI is InChI=1S/C11H15F3N2O2/c1-6-8(17)9(18)7(5-16(6)4)10(15(2)3)11(12,13)14/h5,10,17H,1-4H3. The molecule has 1 aromatic rings. The molecule has 1 N–H and O–H groups in total. The summed E-state index contributed by atoms with van der Waals surface area (Å²) in [5, 5.41) is 9.55. The Morgan fingerprint density at radius 1 is 1.39 bits per heavy atom. The van der Waals surface area contributed by atoms with Crippen LogP contribution in [-0.4, -0.2) is 34.8 Å². The lowest BCUT2D eigenvalue weighted by molar-refractivity contribution is -0.179. The van der Waals surface area contributed by atoms with Crippen molar-refractivity contribution >= 4 is 0 Å². The SMILES string of the molecule is Cc1c(O)c(=O)c(C(N(C)C)C(F)(F)F)cn1C. The molecule has 1 heterocycles. The molecular formula is C11H15F3N2O2. The van der Waals surface area contributed by atoms with Gasteiger partial charge in [0.15, 0.2) is 5.75 Å². The highest BCUT2D eigenvalue weighted by Gasteiger charge is 2.44. The van der Waals surface area contributed by atoms with Crippen LogP contribution in [0.25, 0.3) is 0 Å². The summed E-state index contributed by atoms with van der Waals surface area (Å²) in [5.74, 6) is -0.647. The molecule has 0 saturated carbocycles. The van der Waals surface area contributed by atoms with Crippen molar-refractivity contribution in [1.29, 1.82) is 0 Å². The molecule has 7 heteroatoms. The summed E-state index contributed by atoms with van der Waals surface area (Å²) in [6.07, 6.45) is -3.48. The van der Waals surface area contributed by atoms with Crippen LogP contribution in [0.1, 0.15) is 17.3 Å². The molecule has 0 aliphatic carbocycles. The number of hydrogen-bond donors (Lipinski definition) is 1. The summed E-state index contributed by atoms with van der Waals surface area (Å²) >= 11 is 0. The average molecular weight is 264 g/mol. The van der Waals surface area contributed by atoms with Gasteiger partial charge < -0.3 is 9.67 Å². The minimum Gasteiger partial charge on any atom is -0.503 e. The molecule has 1 aromatic heterocycles. The molecular weight excluding hydrogens is 249 g/mol. The Balaban J connectivity index is 3.54. The van der Waals surface area contributed by atoms with Crippen LogP contribution in [-0.2, 0) is 7.05 Å². The van der Waals surface area contributed by atoms with Gasteiger partial charge in [0, 0.05) is 18.8 Å². The first-order valence-corrected chi connectivity index (χ1v) is 5.19. The molecule has 0 amide bonds. The first kappa shape index (κ1) is 14.6. The fourth-order valence-electron chi connectivity index (χ4n) is 1.77. The molecule has 0 aliphatic heterocycles. The van der Waals surface area contributed by atoms with Gasteiger partial charge in [0.25, 0.3) is 0 Å². The van der Waals surface area contributed by atoms with E-state index in [9.17, 15) is 23.1 Å². The highest BCUT2D eigenvalue weighted by molar-refractivity contribution is 5.32. The van der Waals surface area contributed by atoms with Crippen molar-refractivity contribution < 1.29 is 18.3 Å². The van der Waals surface area contributed by atoms with E-state index in [0.717, 1.165) is 11.1 Å². The first-order valence-electron chi connectivity index (χ1n) is 5.19. The maximum absolute atomic E-state index is 12.9. The van der Waals surface area contributed by atoms with Crippen molar-refractivity contribution in [1.82, 2.24) is 9.47 Å². The third-order valence-corrected chi connectivity index (χ3v) is 2.80. The number of hydrogen-bond acceptors (Lipinski definition) is 3. The summed E-state index contributed by atoms with van der Waals surface area (Å²) < 4.78 is 40.1. The van der Waals surface area contributed by atoms with Crippen molar-refractivity contribution in [3.63, 3.8) is 0 Å². The number of aryl methyl sites for hydroxylation is 1. The zero-order valence-corrected chi connectivity index (χ0v) is 10.5. The second-order valence-corrected chi connectivity index (χ2v) is 4.37. The fourth-order valence-corrected chi connectivity index (χ4v) is 1.77. The van der Waals surface area contributed by atoms with Crippen LogP contribution in [0.3, 0.4) is 0 Å². The van der Waals surface area contributed by atoms with Crippen molar-refractivity contribution in [3.8, 4) is 5.75 Å². The fraction of sp³-hybridized carbons (Fsp3) is 0.545. The Labute approximate surface area is 102 Å². The van der Waals surface area contributed by atoms with Gasteiger partial charge >= 0.3 is 6.18 Å². The van der Waals surface area contributed by atoms with E-state index in [0.29, 0.717) is 0 Å². The molecule has 0 fully saturated rings. The number of halogens is 3. The molecule has 0 radical (unpaired) electrons. The van der Waals surface area contributed by atoms with E-state index in [1.54, 1.807) is 0 Å². The van der Waals surface area contributed by atoms with Gasteiger partial charge in [0.2, 0.25) is 5.43 Å². The number of rotatable bonds is 2. The van der Waals surface area contributed by atoms with Gasteiger partial charge in [-0.2, -0.15) is 13.2 Å². The predicted molar refractivity (Wildman–Crippen MR) is 60.6 cm³/mol. The van der Waals surface area contributed by atoms with Crippen molar-refractivity contribution in [2.75, 3.05) is 14.1 Å². The third kappa shape index (κ3) is 2.50. The van der Waals surface area contributed by atoms with E-state index in [2.05, 4.69) is 0 Å². The Morgan fingerprint density at radius 3 is 2.28 bits per heavy atom. The topological polar surface area (TPSA) is 45.5 Å². The number of alkyl halides is 3. The van der Waals surface area contributed by atoms with Gasteiger partial charge in [-0.25, -0.2) is 0 Å². The van der Waals surface area contributed by atoms with E-state index in [1.807, 2.05) is 0 Å². The Bertz CT molecular complexity index is 506. The lowest BCUT2D eigenvalue weighted by Crippen LogP contribution is -2.37. The first-order chi connectivity index (χ1) is 8.07. The lowest BCUT2D eigenvalue weighted by atomic mass is 10.1. The molecule has 1 unspecified atom stereocenters. The summed E-state index contributed by atoms with van der Waals surface area (Å²) in [7, 11) is 3.93. The van der Waals surface area contributed by atoms with E-state index in [-0.39, 0.29) is 5.69 Å². The molecule has 0 spiro atoms. The summed E-state index contributed by atoms with van der Waals surface area (Å²) in [6.45, 7) is 1.46. The zero-order chi connectivity index (χ0) is 14.2. The monoisotopic (exact) mass is 264 g/mol. The molecule has 0 bridgehead atoms. The normalized spacial score (nSPS) is 14.0. The molecule has 0 saturated heterocycles.